The number of carboxylic acid groups (broad SMARTS) is 1. The Morgan fingerprint density at radius 1 is 1.29 bits per heavy atom. The van der Waals surface area contributed by atoms with Crippen molar-refractivity contribution < 1.29 is 9.90 Å². The van der Waals surface area contributed by atoms with Gasteiger partial charge in [-0.05, 0) is 25.7 Å². The van der Waals surface area contributed by atoms with Gasteiger partial charge >= 0.3 is 5.97 Å². The van der Waals surface area contributed by atoms with Gasteiger partial charge in [0, 0.05) is 17.7 Å². The van der Waals surface area contributed by atoms with Gasteiger partial charge in [-0.2, -0.15) is 0 Å². The number of aromatic nitrogens is 2. The number of carbonyl (C=O) groups is 1. The third kappa shape index (κ3) is 4.16. The fraction of sp³-hybridized carbons (Fsp3) is 0.688. The average molecular weight is 291 g/mol. The summed E-state index contributed by atoms with van der Waals surface area (Å²) in [5, 5.41) is 12.7. The molecule has 2 N–H and O–H groups in total. The zero-order valence-corrected chi connectivity index (χ0v) is 13.1. The number of hydrogen-bond donors (Lipinski definition) is 2. The molecule has 0 aliphatic heterocycles. The van der Waals surface area contributed by atoms with Gasteiger partial charge in [0.15, 0.2) is 0 Å². The first kappa shape index (κ1) is 15.7. The van der Waals surface area contributed by atoms with Crippen molar-refractivity contribution in [3.63, 3.8) is 0 Å². The molecule has 1 aliphatic carbocycles. The van der Waals surface area contributed by atoms with Gasteiger partial charge in [0.1, 0.15) is 17.7 Å². The van der Waals surface area contributed by atoms with E-state index >= 15 is 0 Å². The van der Waals surface area contributed by atoms with Crippen molar-refractivity contribution in [2.45, 2.75) is 64.8 Å². The number of nitrogens with one attached hydrogen (secondary N) is 1. The molecular formula is C16H25N3O2. The Kier molecular flexibility index (Phi) is 5.15. The molecule has 1 heterocycles. The van der Waals surface area contributed by atoms with E-state index in [0.29, 0.717) is 5.82 Å². The van der Waals surface area contributed by atoms with Crippen molar-refractivity contribution in [3.05, 3.63) is 17.6 Å². The molecule has 1 aliphatic rings. The predicted molar refractivity (Wildman–Crippen MR) is 82.5 cm³/mol. The molecule has 0 amide bonds. The van der Waals surface area contributed by atoms with Crippen LogP contribution in [0.1, 0.15) is 63.4 Å². The van der Waals surface area contributed by atoms with Crippen LogP contribution in [0.3, 0.4) is 0 Å². The molecule has 0 unspecified atom stereocenters. The first-order valence-corrected chi connectivity index (χ1v) is 7.82. The van der Waals surface area contributed by atoms with Crippen LogP contribution in [0.25, 0.3) is 0 Å². The smallest absolute Gasteiger partial charge is 0.326 e. The maximum absolute atomic E-state index is 11.6. The second kappa shape index (κ2) is 6.87. The number of anilines is 1. The van der Waals surface area contributed by atoms with Crippen LogP contribution in [0.4, 0.5) is 5.82 Å². The zero-order valence-electron chi connectivity index (χ0n) is 13.1. The highest BCUT2D eigenvalue weighted by molar-refractivity contribution is 5.77. The van der Waals surface area contributed by atoms with Crippen LogP contribution in [0, 0.1) is 12.8 Å². The first-order valence-electron chi connectivity index (χ1n) is 7.82. The fourth-order valence-corrected chi connectivity index (χ4v) is 2.93. The molecular weight excluding hydrogens is 266 g/mol. The number of carboxylic acids is 1. The minimum Gasteiger partial charge on any atom is -0.480 e. The van der Waals surface area contributed by atoms with E-state index in [4.69, 9.17) is 0 Å². The highest BCUT2D eigenvalue weighted by atomic mass is 16.4. The molecule has 1 saturated carbocycles. The molecule has 1 fully saturated rings. The summed E-state index contributed by atoms with van der Waals surface area (Å²) in [4.78, 5) is 20.5. The third-order valence-electron chi connectivity index (χ3n) is 4.08. The van der Waals surface area contributed by atoms with E-state index in [1.807, 2.05) is 26.8 Å². The third-order valence-corrected chi connectivity index (χ3v) is 4.08. The largest absolute Gasteiger partial charge is 0.480 e. The Morgan fingerprint density at radius 2 is 1.95 bits per heavy atom. The van der Waals surface area contributed by atoms with Crippen molar-refractivity contribution >= 4 is 11.8 Å². The van der Waals surface area contributed by atoms with E-state index in [2.05, 4.69) is 15.3 Å². The van der Waals surface area contributed by atoms with E-state index < -0.39 is 12.0 Å². The lowest BCUT2D eigenvalue weighted by Gasteiger charge is -2.28. The number of aliphatic carboxylic acids is 1. The molecule has 0 bridgehead atoms. The number of rotatable bonds is 5. The monoisotopic (exact) mass is 291 g/mol. The topological polar surface area (TPSA) is 75.1 Å². The van der Waals surface area contributed by atoms with Crippen molar-refractivity contribution in [3.8, 4) is 0 Å². The molecule has 5 nitrogen and oxygen atoms in total. The highest BCUT2D eigenvalue weighted by Gasteiger charge is 2.29. The number of aryl methyl sites for hydroxylation is 1. The molecule has 0 radical (unpaired) electrons. The Labute approximate surface area is 126 Å². The van der Waals surface area contributed by atoms with Gasteiger partial charge in [0.05, 0.1) is 0 Å². The molecule has 1 aromatic heterocycles. The highest BCUT2D eigenvalue weighted by Crippen LogP contribution is 2.28. The lowest BCUT2D eigenvalue weighted by atomic mass is 9.84. The van der Waals surface area contributed by atoms with Gasteiger partial charge in [0.2, 0.25) is 0 Å². The second-order valence-corrected chi connectivity index (χ2v) is 6.27. The van der Waals surface area contributed by atoms with Crippen LogP contribution in [0.5, 0.6) is 0 Å². The van der Waals surface area contributed by atoms with Gasteiger partial charge in [-0.15, -0.1) is 0 Å². The van der Waals surface area contributed by atoms with Gasteiger partial charge in [0.25, 0.3) is 0 Å². The van der Waals surface area contributed by atoms with Crippen LogP contribution < -0.4 is 5.32 Å². The summed E-state index contributed by atoms with van der Waals surface area (Å²) < 4.78 is 0. The van der Waals surface area contributed by atoms with Crippen LogP contribution in [0.15, 0.2) is 6.07 Å². The average Bonchev–Trinajstić information content (AvgIpc) is 2.44. The summed E-state index contributed by atoms with van der Waals surface area (Å²) in [5.41, 5.74) is 0.865. The Hall–Kier alpha value is -1.65. The second-order valence-electron chi connectivity index (χ2n) is 6.27. The Balaban J connectivity index is 2.18. The van der Waals surface area contributed by atoms with Crippen LogP contribution in [0.2, 0.25) is 0 Å². The van der Waals surface area contributed by atoms with Gasteiger partial charge < -0.3 is 10.4 Å². The minimum atomic E-state index is -0.788. The van der Waals surface area contributed by atoms with E-state index in [9.17, 15) is 9.90 Å². The quantitative estimate of drug-likeness (QED) is 0.870. The van der Waals surface area contributed by atoms with Crippen molar-refractivity contribution in [2.24, 2.45) is 5.92 Å². The molecule has 2 rings (SSSR count). The van der Waals surface area contributed by atoms with Gasteiger partial charge in [-0.1, -0.05) is 33.1 Å². The molecule has 5 heteroatoms. The summed E-state index contributed by atoms with van der Waals surface area (Å²) in [5.74, 6) is 1.01. The Bertz CT molecular complexity index is 496. The molecule has 1 atom stereocenters. The van der Waals surface area contributed by atoms with E-state index in [1.54, 1.807) is 0 Å². The lowest BCUT2D eigenvalue weighted by Crippen LogP contribution is -2.38. The fourth-order valence-electron chi connectivity index (χ4n) is 2.93. The molecule has 116 valence electrons. The number of hydrogen-bond acceptors (Lipinski definition) is 4. The van der Waals surface area contributed by atoms with Crippen LogP contribution in [-0.2, 0) is 4.79 Å². The summed E-state index contributed by atoms with van der Waals surface area (Å²) in [6, 6.07) is 1.27. The summed E-state index contributed by atoms with van der Waals surface area (Å²) in [6.45, 7) is 5.98. The standard InChI is InChI=1S/C16H25N3O2/c1-10(2)15-17-11(3)9-13(19-15)18-14(16(20)21)12-7-5-4-6-8-12/h9-10,12,14H,4-8H2,1-3H3,(H,20,21)(H,17,18,19)/t14-/m1/s1. The summed E-state index contributed by atoms with van der Waals surface area (Å²) >= 11 is 0. The SMILES string of the molecule is Cc1cc(N[C@@H](C(=O)O)C2CCCCC2)nc(C(C)C)n1. The lowest BCUT2D eigenvalue weighted by molar-refractivity contribution is -0.139. The minimum absolute atomic E-state index is 0.189. The maximum Gasteiger partial charge on any atom is 0.326 e. The van der Waals surface area contributed by atoms with Crippen molar-refractivity contribution in [1.29, 1.82) is 0 Å². The summed E-state index contributed by atoms with van der Waals surface area (Å²) in [7, 11) is 0. The Morgan fingerprint density at radius 3 is 2.52 bits per heavy atom. The normalized spacial score (nSPS) is 17.7. The zero-order chi connectivity index (χ0) is 15.4. The van der Waals surface area contributed by atoms with E-state index in [1.165, 1.54) is 6.42 Å². The molecule has 0 aromatic carbocycles. The van der Waals surface area contributed by atoms with Gasteiger partial charge in [-0.3, -0.25) is 0 Å². The van der Waals surface area contributed by atoms with Crippen molar-refractivity contribution in [1.82, 2.24) is 9.97 Å². The summed E-state index contributed by atoms with van der Waals surface area (Å²) in [6.07, 6.45) is 5.41. The predicted octanol–water partition coefficient (Wildman–Crippen LogP) is 3.35. The van der Waals surface area contributed by atoms with E-state index in [-0.39, 0.29) is 11.8 Å². The molecule has 21 heavy (non-hydrogen) atoms. The molecule has 0 saturated heterocycles. The van der Waals surface area contributed by atoms with Crippen LogP contribution >= 0.6 is 0 Å². The maximum atomic E-state index is 11.6. The van der Waals surface area contributed by atoms with E-state index in [0.717, 1.165) is 37.2 Å². The van der Waals surface area contributed by atoms with Gasteiger partial charge in [-0.25, -0.2) is 14.8 Å². The first-order chi connectivity index (χ1) is 9.97. The van der Waals surface area contributed by atoms with Crippen molar-refractivity contribution in [2.75, 3.05) is 5.32 Å². The van der Waals surface area contributed by atoms with Crippen LogP contribution in [-0.4, -0.2) is 27.1 Å². The molecule has 1 aromatic rings. The molecule has 0 spiro atoms. The number of nitrogens with zero attached hydrogens (tertiary/aromatic N) is 2.